The zero-order valence-corrected chi connectivity index (χ0v) is 23.6. The molecular weight excluding hydrogens is 559 g/mol. The van der Waals surface area contributed by atoms with Gasteiger partial charge in [-0.15, -0.1) is 0 Å². The Morgan fingerprint density at radius 3 is 2.12 bits per heavy atom. The van der Waals surface area contributed by atoms with Crippen LogP contribution in [0.5, 0.6) is 5.75 Å². The van der Waals surface area contributed by atoms with Crippen LogP contribution in [0.2, 0.25) is 10.0 Å². The number of ketones is 1. The van der Waals surface area contributed by atoms with Gasteiger partial charge in [0.05, 0.1) is 6.61 Å². The van der Waals surface area contributed by atoms with E-state index in [4.69, 9.17) is 27.9 Å². The smallest absolute Gasteiger partial charge is 0.272 e. The van der Waals surface area contributed by atoms with Gasteiger partial charge in [0, 0.05) is 38.0 Å². The monoisotopic (exact) mass is 584 g/mol. The maximum Gasteiger partial charge on any atom is 0.272 e. The van der Waals surface area contributed by atoms with Gasteiger partial charge >= 0.3 is 0 Å². The van der Waals surface area contributed by atoms with Crippen molar-refractivity contribution in [3.63, 3.8) is 0 Å². The minimum absolute atomic E-state index is 0.0192. The van der Waals surface area contributed by atoms with Gasteiger partial charge in [-0.2, -0.15) is 0 Å². The van der Waals surface area contributed by atoms with Crippen LogP contribution in [0.4, 0.5) is 5.69 Å². The second kappa shape index (κ2) is 14.1. The number of anilines is 1. The topological polar surface area (TPSA) is 84.5 Å². The third kappa shape index (κ3) is 7.94. The van der Waals surface area contributed by atoms with Crippen molar-refractivity contribution in [3.8, 4) is 5.75 Å². The molecule has 0 aliphatic rings. The van der Waals surface area contributed by atoms with Crippen molar-refractivity contribution in [2.75, 3.05) is 11.9 Å². The zero-order chi connectivity index (χ0) is 29.2. The number of allylic oxidation sites excluding steroid dienone is 1. The second-order valence-corrected chi connectivity index (χ2v) is 9.53. The number of amides is 2. The molecule has 0 unspecified atom stereocenters. The molecule has 0 saturated heterocycles. The fraction of sp³-hybridized carbons (Fsp3) is 0.0606. The molecule has 0 spiro atoms. The van der Waals surface area contributed by atoms with Crippen molar-refractivity contribution in [1.82, 2.24) is 5.32 Å². The van der Waals surface area contributed by atoms with E-state index in [1.54, 1.807) is 97.1 Å². The minimum atomic E-state index is -0.548. The lowest BCUT2D eigenvalue weighted by Gasteiger charge is -2.13. The normalized spacial score (nSPS) is 11.2. The number of nitrogens with one attached hydrogen (secondary N) is 2. The maximum atomic E-state index is 13.4. The van der Waals surface area contributed by atoms with Crippen LogP contribution in [0.15, 0.2) is 109 Å². The summed E-state index contributed by atoms with van der Waals surface area (Å²) in [6.45, 7) is 2.30. The summed E-state index contributed by atoms with van der Waals surface area (Å²) >= 11 is 12.3. The standard InChI is InChI=1S/C33H26Cl2N2O4/c1-2-41-31-14-7-6-11-24(31)21-29(37-32(39)23-9-4-3-5-10-23)33(40)36-25-17-15-22(16-18-25)30(38)20-19-26-27(34)12-8-13-28(26)35/h3-21H,2H2,1H3,(H,36,40)(H,37,39)/b20-19+,29-21-. The molecule has 206 valence electrons. The Morgan fingerprint density at radius 2 is 1.44 bits per heavy atom. The molecule has 0 fully saturated rings. The van der Waals surface area contributed by atoms with E-state index in [0.29, 0.717) is 50.3 Å². The molecule has 41 heavy (non-hydrogen) atoms. The molecular formula is C33H26Cl2N2O4. The summed E-state index contributed by atoms with van der Waals surface area (Å²) in [6.07, 6.45) is 4.51. The van der Waals surface area contributed by atoms with Crippen LogP contribution in [0, 0.1) is 0 Å². The quantitative estimate of drug-likeness (QED) is 0.148. The molecule has 0 radical (unpaired) electrons. The number of carbonyl (C=O) groups excluding carboxylic acids is 3. The predicted molar refractivity (Wildman–Crippen MR) is 164 cm³/mol. The first-order valence-corrected chi connectivity index (χ1v) is 13.5. The van der Waals surface area contributed by atoms with Gasteiger partial charge in [-0.3, -0.25) is 14.4 Å². The molecule has 4 aromatic carbocycles. The van der Waals surface area contributed by atoms with Crippen LogP contribution in [0.1, 0.15) is 38.8 Å². The van der Waals surface area contributed by atoms with Gasteiger partial charge in [-0.1, -0.05) is 65.7 Å². The van der Waals surface area contributed by atoms with E-state index in [-0.39, 0.29) is 11.5 Å². The highest BCUT2D eigenvalue weighted by Crippen LogP contribution is 2.26. The lowest BCUT2D eigenvalue weighted by atomic mass is 10.1. The minimum Gasteiger partial charge on any atom is -0.493 e. The summed E-state index contributed by atoms with van der Waals surface area (Å²) in [4.78, 5) is 39.0. The van der Waals surface area contributed by atoms with Crippen LogP contribution in [0.3, 0.4) is 0 Å². The molecule has 0 bridgehead atoms. The number of ether oxygens (including phenoxy) is 1. The predicted octanol–water partition coefficient (Wildman–Crippen LogP) is 7.70. The van der Waals surface area contributed by atoms with E-state index < -0.39 is 11.8 Å². The van der Waals surface area contributed by atoms with Gasteiger partial charge in [0.25, 0.3) is 11.8 Å². The van der Waals surface area contributed by atoms with Crippen LogP contribution < -0.4 is 15.4 Å². The Labute approximate surface area is 248 Å². The Bertz CT molecular complexity index is 1590. The van der Waals surface area contributed by atoms with Crippen LogP contribution >= 0.6 is 23.2 Å². The number of halogens is 2. The molecule has 0 aliphatic heterocycles. The maximum absolute atomic E-state index is 13.4. The fourth-order valence-electron chi connectivity index (χ4n) is 3.83. The van der Waals surface area contributed by atoms with E-state index in [0.717, 1.165) is 0 Å². The van der Waals surface area contributed by atoms with Crippen molar-refractivity contribution in [3.05, 3.63) is 141 Å². The highest BCUT2D eigenvalue weighted by molar-refractivity contribution is 6.37. The highest BCUT2D eigenvalue weighted by Gasteiger charge is 2.16. The lowest BCUT2D eigenvalue weighted by molar-refractivity contribution is -0.113. The number of carbonyl (C=O) groups is 3. The number of rotatable bonds is 10. The molecule has 0 atom stereocenters. The first-order valence-electron chi connectivity index (χ1n) is 12.7. The Hall–Kier alpha value is -4.65. The van der Waals surface area contributed by atoms with Crippen molar-refractivity contribution in [2.24, 2.45) is 0 Å². The first-order chi connectivity index (χ1) is 19.9. The van der Waals surface area contributed by atoms with Crippen LogP contribution in [0.25, 0.3) is 12.2 Å². The molecule has 2 amide bonds. The molecule has 0 aliphatic carbocycles. The summed E-state index contributed by atoms with van der Waals surface area (Å²) in [5.41, 5.74) is 2.43. The van der Waals surface area contributed by atoms with Crippen molar-refractivity contribution >= 4 is 58.6 Å². The average Bonchev–Trinajstić information content (AvgIpc) is 2.98. The van der Waals surface area contributed by atoms with Crippen molar-refractivity contribution in [1.29, 1.82) is 0 Å². The van der Waals surface area contributed by atoms with Crippen molar-refractivity contribution in [2.45, 2.75) is 6.92 Å². The summed E-state index contributed by atoms with van der Waals surface area (Å²) in [7, 11) is 0. The summed E-state index contributed by atoms with van der Waals surface area (Å²) in [5, 5.41) is 6.37. The van der Waals surface area contributed by atoms with Gasteiger partial charge in [-0.25, -0.2) is 0 Å². The molecule has 0 heterocycles. The summed E-state index contributed by atoms with van der Waals surface area (Å²) in [5.74, 6) is -0.675. The van der Waals surface area contributed by atoms with E-state index in [1.165, 1.54) is 6.08 Å². The number of hydrogen-bond acceptors (Lipinski definition) is 4. The van der Waals surface area contributed by atoms with Crippen molar-refractivity contribution < 1.29 is 19.1 Å². The number of para-hydroxylation sites is 1. The van der Waals surface area contributed by atoms with E-state index in [1.807, 2.05) is 19.1 Å². The molecule has 4 rings (SSSR count). The SMILES string of the molecule is CCOc1ccccc1/C=C(\NC(=O)c1ccccc1)C(=O)Nc1ccc(C(=O)/C=C/c2c(Cl)cccc2Cl)cc1. The lowest BCUT2D eigenvalue weighted by Crippen LogP contribution is -2.30. The first kappa shape index (κ1) is 29.3. The number of hydrogen-bond donors (Lipinski definition) is 2. The van der Waals surface area contributed by atoms with E-state index in [2.05, 4.69) is 10.6 Å². The van der Waals surface area contributed by atoms with Gasteiger partial charge in [0.2, 0.25) is 0 Å². The summed E-state index contributed by atoms with van der Waals surface area (Å²) < 4.78 is 5.68. The highest BCUT2D eigenvalue weighted by atomic mass is 35.5. The van der Waals surface area contributed by atoms with E-state index in [9.17, 15) is 14.4 Å². The van der Waals surface area contributed by atoms with Gasteiger partial charge in [0.15, 0.2) is 5.78 Å². The fourth-order valence-corrected chi connectivity index (χ4v) is 4.35. The molecule has 0 aromatic heterocycles. The van der Waals surface area contributed by atoms with E-state index >= 15 is 0 Å². The number of benzene rings is 4. The average molecular weight is 585 g/mol. The molecule has 6 nitrogen and oxygen atoms in total. The van der Waals surface area contributed by atoms with Gasteiger partial charge in [-0.05, 0) is 79.7 Å². The second-order valence-electron chi connectivity index (χ2n) is 8.71. The molecule has 4 aromatic rings. The van der Waals surface area contributed by atoms with Gasteiger partial charge < -0.3 is 15.4 Å². The largest absolute Gasteiger partial charge is 0.493 e. The molecule has 0 saturated carbocycles. The third-order valence-corrected chi connectivity index (χ3v) is 6.54. The summed E-state index contributed by atoms with van der Waals surface area (Å²) in [6, 6.07) is 27.3. The van der Waals surface area contributed by atoms with Crippen LogP contribution in [-0.2, 0) is 4.79 Å². The molecule has 8 heteroatoms. The van der Waals surface area contributed by atoms with Gasteiger partial charge in [0.1, 0.15) is 11.4 Å². The van der Waals surface area contributed by atoms with Crippen LogP contribution in [-0.4, -0.2) is 24.2 Å². The third-order valence-electron chi connectivity index (χ3n) is 5.88. The Morgan fingerprint density at radius 1 is 0.780 bits per heavy atom. The molecule has 2 N–H and O–H groups in total. The Balaban J connectivity index is 1.54. The zero-order valence-electron chi connectivity index (χ0n) is 22.1. The Kier molecular flexibility index (Phi) is 10.1.